The molecule has 2 bridgehead atoms. The molecular weight excluding hydrogens is 246 g/mol. The molecule has 17 heavy (non-hydrogen) atoms. The number of nitrogens with two attached hydrogens (primary N) is 1. The fourth-order valence-corrected chi connectivity index (χ4v) is 2.85. The highest BCUT2D eigenvalue weighted by molar-refractivity contribution is 7.85. The van der Waals surface area contributed by atoms with E-state index in [0.29, 0.717) is 6.42 Å². The van der Waals surface area contributed by atoms with Crippen LogP contribution in [0.4, 0.5) is 0 Å². The number of carbonyl (C=O) groups excluding carboxylic acids is 1. The molecule has 1 aliphatic carbocycles. The summed E-state index contributed by atoms with van der Waals surface area (Å²) in [5.41, 5.74) is 3.49. The molecular formula is C9H11N3O4S. The quantitative estimate of drug-likeness (QED) is 0.641. The third-order valence-electron chi connectivity index (χ3n) is 3.01. The van der Waals surface area contributed by atoms with Gasteiger partial charge in [-0.3, -0.25) is 4.79 Å². The predicted octanol–water partition coefficient (Wildman–Crippen LogP) is -1.11. The van der Waals surface area contributed by atoms with Crippen molar-refractivity contribution in [1.82, 2.24) is 5.06 Å². The van der Waals surface area contributed by atoms with E-state index in [1.54, 1.807) is 18.2 Å². The van der Waals surface area contributed by atoms with Crippen molar-refractivity contribution in [3.63, 3.8) is 0 Å². The van der Waals surface area contributed by atoms with Crippen molar-refractivity contribution in [2.75, 3.05) is 6.26 Å². The van der Waals surface area contributed by atoms with Crippen molar-refractivity contribution in [3.05, 3.63) is 12.2 Å². The van der Waals surface area contributed by atoms with Crippen molar-refractivity contribution < 1.29 is 17.5 Å². The molecule has 0 radical (unpaired) electrons. The number of hydrogen-bond acceptors (Lipinski definition) is 6. The highest BCUT2D eigenvalue weighted by Gasteiger charge is 2.61. The summed E-state index contributed by atoms with van der Waals surface area (Å²) in [4.78, 5) is 11.5. The number of carbonyl (C=O) groups is 1. The van der Waals surface area contributed by atoms with E-state index in [9.17, 15) is 18.5 Å². The largest absolute Gasteiger partial charge is 0.367 e. The molecule has 0 aromatic carbocycles. The van der Waals surface area contributed by atoms with E-state index in [1.807, 2.05) is 0 Å². The second-order valence-electron chi connectivity index (χ2n) is 4.14. The molecule has 0 aromatic heterocycles. The van der Waals surface area contributed by atoms with Crippen LogP contribution in [-0.2, 0) is 19.2 Å². The minimum absolute atomic E-state index is 0.415. The summed E-state index contributed by atoms with van der Waals surface area (Å²) in [6.45, 7) is 0. The first kappa shape index (κ1) is 12.0. The van der Waals surface area contributed by atoms with Gasteiger partial charge in [-0.2, -0.15) is 18.0 Å². The van der Waals surface area contributed by atoms with E-state index in [1.165, 1.54) is 0 Å². The molecule has 1 heterocycles. The monoisotopic (exact) mass is 257 g/mol. The molecule has 2 N–H and O–H groups in total. The Kier molecular flexibility index (Phi) is 2.50. The molecule has 2 rings (SSSR count). The fourth-order valence-electron chi connectivity index (χ4n) is 2.33. The lowest BCUT2D eigenvalue weighted by atomic mass is 9.87. The van der Waals surface area contributed by atoms with E-state index < -0.39 is 33.5 Å². The third-order valence-corrected chi connectivity index (χ3v) is 3.44. The van der Waals surface area contributed by atoms with Gasteiger partial charge in [0, 0.05) is 5.92 Å². The van der Waals surface area contributed by atoms with Crippen LogP contribution in [-0.4, -0.2) is 37.2 Å². The topological polar surface area (TPSA) is 113 Å². The van der Waals surface area contributed by atoms with Crippen molar-refractivity contribution in [3.8, 4) is 6.07 Å². The number of amides is 1. The molecule has 0 spiro atoms. The van der Waals surface area contributed by atoms with E-state index >= 15 is 0 Å². The van der Waals surface area contributed by atoms with Crippen LogP contribution in [0.1, 0.15) is 6.42 Å². The fraction of sp³-hybridized carbons (Fsp3) is 0.556. The predicted molar refractivity (Wildman–Crippen MR) is 56.3 cm³/mol. The SMILES string of the molecule is CS(=O)(=O)ON1C2C=CC(C2)[C@@]1(C#N)C(N)=O. The van der Waals surface area contributed by atoms with Crippen molar-refractivity contribution in [1.29, 1.82) is 5.26 Å². The Bertz CT molecular complexity index is 535. The zero-order valence-electron chi connectivity index (χ0n) is 9.03. The second-order valence-corrected chi connectivity index (χ2v) is 5.70. The van der Waals surface area contributed by atoms with Crippen LogP contribution in [0.5, 0.6) is 0 Å². The number of fused-ring (bicyclic) bond motifs is 2. The van der Waals surface area contributed by atoms with Gasteiger partial charge in [-0.15, -0.1) is 5.06 Å². The van der Waals surface area contributed by atoms with Gasteiger partial charge >= 0.3 is 0 Å². The summed E-state index contributed by atoms with van der Waals surface area (Å²) in [6, 6.07) is 1.38. The lowest BCUT2D eigenvalue weighted by Crippen LogP contribution is -2.59. The summed E-state index contributed by atoms with van der Waals surface area (Å²) in [6.07, 6.45) is 4.70. The minimum Gasteiger partial charge on any atom is -0.367 e. The molecule has 92 valence electrons. The Morgan fingerprint density at radius 3 is 2.76 bits per heavy atom. The van der Waals surface area contributed by atoms with Crippen molar-refractivity contribution in [2.45, 2.75) is 18.0 Å². The molecule has 2 aliphatic rings. The van der Waals surface area contributed by atoms with Gasteiger partial charge in [-0.25, -0.2) is 0 Å². The van der Waals surface area contributed by atoms with Gasteiger partial charge in [0.2, 0.25) is 5.54 Å². The van der Waals surface area contributed by atoms with Crippen LogP contribution < -0.4 is 5.73 Å². The van der Waals surface area contributed by atoms with Crippen molar-refractivity contribution >= 4 is 16.0 Å². The smallest absolute Gasteiger partial charge is 0.280 e. The number of hydroxylamine groups is 2. The molecule has 2 unspecified atom stereocenters. The van der Waals surface area contributed by atoms with Crippen LogP contribution in [0.2, 0.25) is 0 Å². The van der Waals surface area contributed by atoms with Gasteiger partial charge in [-0.05, 0) is 6.42 Å². The first-order chi connectivity index (χ1) is 7.81. The number of nitriles is 1. The molecule has 0 aromatic rings. The van der Waals surface area contributed by atoms with Crippen LogP contribution in [0.3, 0.4) is 0 Å². The third kappa shape index (κ3) is 1.63. The zero-order chi connectivity index (χ0) is 12.8. The number of nitrogens with zero attached hydrogens (tertiary/aromatic N) is 2. The highest BCUT2D eigenvalue weighted by Crippen LogP contribution is 2.45. The molecule has 1 fully saturated rings. The normalized spacial score (nSPS) is 36.0. The van der Waals surface area contributed by atoms with Gasteiger partial charge in [0.25, 0.3) is 16.0 Å². The number of hydrogen-bond donors (Lipinski definition) is 1. The average molecular weight is 257 g/mol. The number of primary amides is 1. The maximum Gasteiger partial charge on any atom is 0.280 e. The molecule has 1 aliphatic heterocycles. The zero-order valence-corrected chi connectivity index (χ0v) is 9.85. The van der Waals surface area contributed by atoms with Gasteiger partial charge in [0.15, 0.2) is 0 Å². The first-order valence-electron chi connectivity index (χ1n) is 4.89. The van der Waals surface area contributed by atoms with Gasteiger partial charge in [-0.1, -0.05) is 12.2 Å². The van der Waals surface area contributed by atoms with E-state index in [4.69, 9.17) is 10.0 Å². The van der Waals surface area contributed by atoms with Crippen LogP contribution in [0, 0.1) is 17.2 Å². The Morgan fingerprint density at radius 2 is 2.29 bits per heavy atom. The molecule has 1 saturated heterocycles. The summed E-state index contributed by atoms with van der Waals surface area (Å²) in [7, 11) is -3.81. The van der Waals surface area contributed by atoms with Gasteiger partial charge in [0.1, 0.15) is 0 Å². The van der Waals surface area contributed by atoms with Gasteiger partial charge in [0.05, 0.1) is 18.4 Å². The lowest BCUT2D eigenvalue weighted by Gasteiger charge is -2.34. The highest BCUT2D eigenvalue weighted by atomic mass is 32.2. The Labute approximate surface area is 98.5 Å². The maximum atomic E-state index is 11.5. The van der Waals surface area contributed by atoms with E-state index in [-0.39, 0.29) is 0 Å². The lowest BCUT2D eigenvalue weighted by molar-refractivity contribution is -0.152. The summed E-state index contributed by atoms with van der Waals surface area (Å²) < 4.78 is 27.0. The Hall–Kier alpha value is -1.43. The maximum absolute atomic E-state index is 11.5. The van der Waals surface area contributed by atoms with Crippen LogP contribution in [0.25, 0.3) is 0 Å². The Balaban J connectivity index is 2.46. The average Bonchev–Trinajstić information content (AvgIpc) is 2.74. The van der Waals surface area contributed by atoms with Crippen LogP contribution >= 0.6 is 0 Å². The molecule has 3 atom stereocenters. The molecule has 0 saturated carbocycles. The minimum atomic E-state index is -3.81. The standard InChI is InChI=1S/C9H11N3O4S/c1-17(14,15)16-12-7-3-2-6(4-7)9(12,5-10)8(11)13/h2-3,6-7H,4H2,1H3,(H2,11,13)/t6?,7?,9-/m0/s1. The van der Waals surface area contributed by atoms with Crippen LogP contribution in [0.15, 0.2) is 12.2 Å². The van der Waals surface area contributed by atoms with Crippen molar-refractivity contribution in [2.24, 2.45) is 11.7 Å². The first-order valence-corrected chi connectivity index (χ1v) is 6.71. The summed E-state index contributed by atoms with van der Waals surface area (Å²) in [5, 5.41) is 10.1. The summed E-state index contributed by atoms with van der Waals surface area (Å²) in [5.74, 6) is -1.34. The summed E-state index contributed by atoms with van der Waals surface area (Å²) >= 11 is 0. The molecule has 8 heteroatoms. The van der Waals surface area contributed by atoms with E-state index in [2.05, 4.69) is 0 Å². The number of rotatable bonds is 3. The second kappa shape index (κ2) is 3.53. The molecule has 1 amide bonds. The Morgan fingerprint density at radius 1 is 1.65 bits per heavy atom. The van der Waals surface area contributed by atoms with E-state index in [0.717, 1.165) is 11.3 Å². The molecule has 7 nitrogen and oxygen atoms in total. The van der Waals surface area contributed by atoms with Gasteiger partial charge < -0.3 is 5.73 Å².